The number of amides is 2. The fourth-order valence-corrected chi connectivity index (χ4v) is 3.39. The minimum Gasteiger partial charge on any atom is -0.347 e. The van der Waals surface area contributed by atoms with Gasteiger partial charge in [0, 0.05) is 14.1 Å². The van der Waals surface area contributed by atoms with Crippen molar-refractivity contribution in [1.29, 1.82) is 0 Å². The molecule has 0 aliphatic carbocycles. The number of hydrogen-bond acceptors (Lipinski definition) is 3. The summed E-state index contributed by atoms with van der Waals surface area (Å²) >= 11 is 1.60. The number of benzene rings is 1. The molecule has 2 rings (SSSR count). The summed E-state index contributed by atoms with van der Waals surface area (Å²) < 4.78 is 0. The van der Waals surface area contributed by atoms with Gasteiger partial charge in [0.2, 0.25) is 11.8 Å². The molecular weight excluding hydrogens is 272 g/mol. The highest BCUT2D eigenvalue weighted by atomic mass is 32.2. The van der Waals surface area contributed by atoms with Crippen LogP contribution in [-0.4, -0.2) is 47.5 Å². The lowest BCUT2D eigenvalue weighted by Gasteiger charge is -2.25. The Morgan fingerprint density at radius 1 is 1.30 bits per heavy atom. The average Bonchev–Trinajstić information content (AvgIpc) is 2.68. The van der Waals surface area contributed by atoms with Crippen LogP contribution in [-0.2, 0) is 9.59 Å². The van der Waals surface area contributed by atoms with E-state index in [4.69, 9.17) is 0 Å². The molecule has 108 valence electrons. The van der Waals surface area contributed by atoms with E-state index in [-0.39, 0.29) is 29.0 Å². The van der Waals surface area contributed by atoms with E-state index in [0.717, 1.165) is 5.56 Å². The Balaban J connectivity index is 2.23. The molecule has 5 heteroatoms. The summed E-state index contributed by atoms with van der Waals surface area (Å²) in [6.45, 7) is 4.07. The first-order chi connectivity index (χ1) is 9.40. The van der Waals surface area contributed by atoms with E-state index in [1.54, 1.807) is 30.8 Å². The van der Waals surface area contributed by atoms with E-state index < -0.39 is 0 Å². The van der Waals surface area contributed by atoms with Crippen molar-refractivity contribution in [2.75, 3.05) is 20.6 Å². The quantitative estimate of drug-likeness (QED) is 0.856. The van der Waals surface area contributed by atoms with Gasteiger partial charge in [-0.05, 0) is 19.4 Å². The lowest BCUT2D eigenvalue weighted by atomic mass is 10.1. The molecular formula is C15H20N2O2S. The van der Waals surface area contributed by atoms with Gasteiger partial charge in [0.05, 0.1) is 5.25 Å². The van der Waals surface area contributed by atoms with Gasteiger partial charge in [-0.1, -0.05) is 29.8 Å². The summed E-state index contributed by atoms with van der Waals surface area (Å²) in [7, 11) is 3.42. The van der Waals surface area contributed by atoms with E-state index in [9.17, 15) is 9.59 Å². The number of carbonyl (C=O) groups is 2. The maximum absolute atomic E-state index is 12.2. The van der Waals surface area contributed by atoms with E-state index in [0.29, 0.717) is 0 Å². The molecule has 1 heterocycles. The van der Waals surface area contributed by atoms with Crippen LogP contribution in [0.5, 0.6) is 0 Å². The average molecular weight is 292 g/mol. The molecule has 0 N–H and O–H groups in total. The van der Waals surface area contributed by atoms with Crippen molar-refractivity contribution >= 4 is 23.6 Å². The number of rotatable bonds is 3. The molecule has 1 aliphatic heterocycles. The van der Waals surface area contributed by atoms with Crippen LogP contribution in [0.15, 0.2) is 24.3 Å². The molecule has 0 bridgehead atoms. The molecule has 0 radical (unpaired) electrons. The van der Waals surface area contributed by atoms with Gasteiger partial charge < -0.3 is 9.80 Å². The Labute approximate surface area is 124 Å². The summed E-state index contributed by atoms with van der Waals surface area (Å²) in [5, 5.41) is -0.168. The lowest BCUT2D eigenvalue weighted by molar-refractivity contribution is -0.138. The Morgan fingerprint density at radius 2 is 1.90 bits per heavy atom. The molecule has 4 nitrogen and oxygen atoms in total. The van der Waals surface area contributed by atoms with Crippen molar-refractivity contribution in [3.63, 3.8) is 0 Å². The third kappa shape index (κ3) is 2.98. The normalized spacial score (nSPS) is 22.2. The van der Waals surface area contributed by atoms with Crippen molar-refractivity contribution in [3.05, 3.63) is 35.4 Å². The van der Waals surface area contributed by atoms with Crippen LogP contribution in [0.1, 0.15) is 23.4 Å². The number of hydrogen-bond donors (Lipinski definition) is 0. The number of aryl methyl sites for hydroxylation is 1. The van der Waals surface area contributed by atoms with E-state index >= 15 is 0 Å². The van der Waals surface area contributed by atoms with Gasteiger partial charge in [0.1, 0.15) is 11.9 Å². The zero-order valence-corrected chi connectivity index (χ0v) is 13.1. The number of carbonyl (C=O) groups excluding carboxylic acids is 2. The first-order valence-electron chi connectivity index (χ1n) is 6.63. The highest BCUT2D eigenvalue weighted by Crippen LogP contribution is 2.42. The molecule has 0 aromatic heterocycles. The summed E-state index contributed by atoms with van der Waals surface area (Å²) in [4.78, 5) is 27.4. The number of likely N-dealkylation sites (N-methyl/N-ethyl adjacent to an activating group) is 1. The number of nitrogens with zero attached hydrogens (tertiary/aromatic N) is 2. The van der Waals surface area contributed by atoms with E-state index in [1.807, 2.05) is 38.1 Å². The van der Waals surface area contributed by atoms with Crippen LogP contribution in [0, 0.1) is 6.92 Å². The van der Waals surface area contributed by atoms with Gasteiger partial charge in [-0.15, -0.1) is 11.8 Å². The van der Waals surface area contributed by atoms with Crippen LogP contribution >= 0.6 is 11.8 Å². The van der Waals surface area contributed by atoms with Crippen LogP contribution in [0.2, 0.25) is 0 Å². The van der Waals surface area contributed by atoms with E-state index in [1.165, 1.54) is 10.5 Å². The zero-order valence-electron chi connectivity index (χ0n) is 12.3. The molecule has 2 amide bonds. The molecule has 1 fully saturated rings. The van der Waals surface area contributed by atoms with Gasteiger partial charge in [-0.2, -0.15) is 0 Å². The molecule has 1 aromatic rings. The number of thioether (sulfide) groups is 1. The maximum Gasteiger partial charge on any atom is 0.241 e. The fourth-order valence-electron chi connectivity index (χ4n) is 2.11. The monoisotopic (exact) mass is 292 g/mol. The standard InChI is InChI=1S/C15H20N2O2S/c1-10-5-7-12(8-6-10)15-17(9-13(18)16(3)4)14(19)11(2)20-15/h5-8,11,15H,9H2,1-4H3/t11-,15+/m1/s1. The highest BCUT2D eigenvalue weighted by Gasteiger charge is 2.39. The molecule has 1 aromatic carbocycles. The predicted molar refractivity (Wildman–Crippen MR) is 81.4 cm³/mol. The molecule has 0 spiro atoms. The minimum atomic E-state index is -0.101. The van der Waals surface area contributed by atoms with Gasteiger partial charge in [0.15, 0.2) is 0 Å². The first-order valence-corrected chi connectivity index (χ1v) is 7.57. The van der Waals surface area contributed by atoms with E-state index in [2.05, 4.69) is 0 Å². The molecule has 1 saturated heterocycles. The molecule has 20 heavy (non-hydrogen) atoms. The smallest absolute Gasteiger partial charge is 0.241 e. The summed E-state index contributed by atoms with van der Waals surface area (Å²) in [5.41, 5.74) is 2.26. The van der Waals surface area contributed by atoms with Gasteiger partial charge in [-0.3, -0.25) is 9.59 Å². The van der Waals surface area contributed by atoms with Crippen molar-refractivity contribution in [3.8, 4) is 0 Å². The summed E-state index contributed by atoms with van der Waals surface area (Å²) in [6.07, 6.45) is 0. The SMILES string of the molecule is Cc1ccc([C@@H]2S[C@H](C)C(=O)N2CC(=O)N(C)C)cc1. The van der Waals surface area contributed by atoms with Gasteiger partial charge in [-0.25, -0.2) is 0 Å². The Hall–Kier alpha value is -1.49. The third-order valence-electron chi connectivity index (χ3n) is 3.41. The molecule has 0 saturated carbocycles. The first kappa shape index (κ1) is 14.9. The Morgan fingerprint density at radius 3 is 2.45 bits per heavy atom. The topological polar surface area (TPSA) is 40.6 Å². The predicted octanol–water partition coefficient (Wildman–Crippen LogP) is 2.05. The minimum absolute atomic E-state index is 0.0378. The second kappa shape index (κ2) is 5.87. The van der Waals surface area contributed by atoms with Crippen LogP contribution in [0.4, 0.5) is 0 Å². The van der Waals surface area contributed by atoms with Gasteiger partial charge >= 0.3 is 0 Å². The van der Waals surface area contributed by atoms with Crippen molar-refractivity contribution < 1.29 is 9.59 Å². The fraction of sp³-hybridized carbons (Fsp3) is 0.467. The van der Waals surface area contributed by atoms with Crippen LogP contribution in [0.3, 0.4) is 0 Å². The third-order valence-corrected chi connectivity index (χ3v) is 4.81. The maximum atomic E-state index is 12.2. The van der Waals surface area contributed by atoms with Gasteiger partial charge in [0.25, 0.3) is 0 Å². The van der Waals surface area contributed by atoms with Crippen molar-refractivity contribution in [1.82, 2.24) is 9.80 Å². The second-order valence-corrected chi connectivity index (χ2v) is 6.72. The van der Waals surface area contributed by atoms with Crippen LogP contribution < -0.4 is 0 Å². The van der Waals surface area contributed by atoms with Crippen molar-refractivity contribution in [2.24, 2.45) is 0 Å². The molecule has 1 aliphatic rings. The summed E-state index contributed by atoms with van der Waals surface area (Å²) in [5.74, 6) is -0.0130. The zero-order chi connectivity index (χ0) is 14.9. The second-order valence-electron chi connectivity index (χ2n) is 5.30. The highest BCUT2D eigenvalue weighted by molar-refractivity contribution is 8.01. The Bertz CT molecular complexity index is 513. The lowest BCUT2D eigenvalue weighted by Crippen LogP contribution is -2.39. The summed E-state index contributed by atoms with van der Waals surface area (Å²) in [6, 6.07) is 8.14. The van der Waals surface area contributed by atoms with Crippen molar-refractivity contribution in [2.45, 2.75) is 24.5 Å². The molecule has 2 atom stereocenters. The Kier molecular flexibility index (Phi) is 4.38. The molecule has 0 unspecified atom stereocenters. The van der Waals surface area contributed by atoms with Crippen LogP contribution in [0.25, 0.3) is 0 Å². The largest absolute Gasteiger partial charge is 0.347 e.